The fourth-order valence-corrected chi connectivity index (χ4v) is 3.48. The number of carbonyl (C=O) groups is 3. The molecule has 1 aliphatic rings. The number of hydrogen-bond donors (Lipinski definition) is 2. The molecule has 0 radical (unpaired) electrons. The molecule has 30 heavy (non-hydrogen) atoms. The summed E-state index contributed by atoms with van der Waals surface area (Å²) in [5.41, 5.74) is 1.10. The number of imide groups is 1. The second kappa shape index (κ2) is 10.2. The van der Waals surface area contributed by atoms with Gasteiger partial charge in [0.05, 0.1) is 12.7 Å². The summed E-state index contributed by atoms with van der Waals surface area (Å²) in [6.45, 7) is 3.37. The summed E-state index contributed by atoms with van der Waals surface area (Å²) in [5.74, 6) is -1.49. The Morgan fingerprint density at radius 3 is 2.60 bits per heavy atom. The standard InChI is InChI=1S/C22H28N2O6/c1-14(2)28-12-17-16-10-6-7-11-18(16)30-20(17)21(26)29-13-19(25)24-22(27)23-15-8-4-3-5-9-15/h6-7,10-11,14-15H,3-5,8-9,12-13H2,1-2H3,(H2,23,24,25,27). The molecule has 0 atom stereocenters. The van der Waals surface area contributed by atoms with Crippen molar-refractivity contribution in [3.05, 3.63) is 35.6 Å². The molecule has 1 saturated carbocycles. The number of furan rings is 1. The van der Waals surface area contributed by atoms with Crippen LogP contribution in [0, 0.1) is 0 Å². The van der Waals surface area contributed by atoms with Crippen LogP contribution in [0.15, 0.2) is 28.7 Å². The number of para-hydroxylation sites is 1. The quantitative estimate of drug-likeness (QED) is 0.667. The van der Waals surface area contributed by atoms with E-state index >= 15 is 0 Å². The average Bonchev–Trinajstić information content (AvgIpc) is 3.10. The summed E-state index contributed by atoms with van der Waals surface area (Å²) >= 11 is 0. The zero-order valence-corrected chi connectivity index (χ0v) is 17.4. The van der Waals surface area contributed by atoms with Gasteiger partial charge in [-0.1, -0.05) is 37.5 Å². The number of rotatable bonds is 7. The number of nitrogens with one attached hydrogen (secondary N) is 2. The third-order valence-electron chi connectivity index (χ3n) is 4.97. The van der Waals surface area contributed by atoms with E-state index in [0.717, 1.165) is 31.1 Å². The Balaban J connectivity index is 1.57. The molecule has 1 fully saturated rings. The lowest BCUT2D eigenvalue weighted by atomic mass is 9.96. The molecule has 162 valence electrons. The summed E-state index contributed by atoms with van der Waals surface area (Å²) in [5, 5.41) is 5.72. The first-order valence-electron chi connectivity index (χ1n) is 10.3. The van der Waals surface area contributed by atoms with Crippen LogP contribution >= 0.6 is 0 Å². The Hall–Kier alpha value is -2.87. The van der Waals surface area contributed by atoms with Gasteiger partial charge in [-0.05, 0) is 32.8 Å². The lowest BCUT2D eigenvalue weighted by molar-refractivity contribution is -0.123. The summed E-state index contributed by atoms with van der Waals surface area (Å²) in [6.07, 6.45) is 5.08. The van der Waals surface area contributed by atoms with Crippen LogP contribution in [-0.4, -0.2) is 36.7 Å². The van der Waals surface area contributed by atoms with Gasteiger partial charge in [-0.2, -0.15) is 0 Å². The first-order chi connectivity index (χ1) is 14.4. The second-order valence-corrected chi connectivity index (χ2v) is 7.70. The van der Waals surface area contributed by atoms with Crippen molar-refractivity contribution in [2.24, 2.45) is 0 Å². The predicted octanol–water partition coefficient (Wildman–Crippen LogP) is 3.67. The SMILES string of the molecule is CC(C)OCc1c(C(=O)OCC(=O)NC(=O)NC2CCCCC2)oc2ccccc12. The fraction of sp³-hybridized carbons (Fsp3) is 0.500. The van der Waals surface area contributed by atoms with E-state index in [4.69, 9.17) is 13.9 Å². The highest BCUT2D eigenvalue weighted by Crippen LogP contribution is 2.27. The van der Waals surface area contributed by atoms with E-state index in [1.807, 2.05) is 26.0 Å². The topological polar surface area (TPSA) is 107 Å². The third-order valence-corrected chi connectivity index (χ3v) is 4.97. The van der Waals surface area contributed by atoms with Gasteiger partial charge < -0.3 is 19.2 Å². The minimum Gasteiger partial charge on any atom is -0.450 e. The van der Waals surface area contributed by atoms with E-state index in [2.05, 4.69) is 10.6 Å². The lowest BCUT2D eigenvalue weighted by Gasteiger charge is -2.22. The molecule has 0 aliphatic heterocycles. The van der Waals surface area contributed by atoms with E-state index < -0.39 is 24.5 Å². The molecule has 0 unspecified atom stereocenters. The molecule has 8 nitrogen and oxygen atoms in total. The minimum absolute atomic E-state index is 0.00342. The van der Waals surface area contributed by atoms with Crippen molar-refractivity contribution >= 4 is 28.9 Å². The van der Waals surface area contributed by atoms with E-state index in [1.54, 1.807) is 12.1 Å². The summed E-state index contributed by atoms with van der Waals surface area (Å²) < 4.78 is 16.4. The Morgan fingerprint density at radius 2 is 1.87 bits per heavy atom. The van der Waals surface area contributed by atoms with Gasteiger partial charge in [0, 0.05) is 17.0 Å². The van der Waals surface area contributed by atoms with Crippen LogP contribution in [0.1, 0.15) is 62.1 Å². The van der Waals surface area contributed by atoms with Crippen molar-refractivity contribution < 1.29 is 28.3 Å². The molecule has 3 rings (SSSR count). The van der Waals surface area contributed by atoms with Crippen molar-refractivity contribution in [1.82, 2.24) is 10.6 Å². The number of esters is 1. The first-order valence-corrected chi connectivity index (χ1v) is 10.3. The van der Waals surface area contributed by atoms with Crippen LogP contribution in [0.25, 0.3) is 11.0 Å². The molecule has 3 amide bonds. The van der Waals surface area contributed by atoms with Gasteiger partial charge in [0.25, 0.3) is 5.91 Å². The summed E-state index contributed by atoms with van der Waals surface area (Å²) in [4.78, 5) is 36.5. The van der Waals surface area contributed by atoms with Gasteiger partial charge in [0.1, 0.15) is 5.58 Å². The third kappa shape index (κ3) is 5.82. The molecule has 1 heterocycles. The lowest BCUT2D eigenvalue weighted by Crippen LogP contribution is -2.46. The number of amides is 3. The molecular formula is C22H28N2O6. The second-order valence-electron chi connectivity index (χ2n) is 7.70. The molecule has 0 bridgehead atoms. The van der Waals surface area contributed by atoms with E-state index in [9.17, 15) is 14.4 Å². The van der Waals surface area contributed by atoms with Gasteiger partial charge in [0.2, 0.25) is 5.76 Å². The van der Waals surface area contributed by atoms with Gasteiger partial charge >= 0.3 is 12.0 Å². The normalized spacial score (nSPS) is 14.6. The maximum atomic E-state index is 12.5. The molecule has 1 aliphatic carbocycles. The van der Waals surface area contributed by atoms with Gasteiger partial charge in [0.15, 0.2) is 6.61 Å². The molecular weight excluding hydrogens is 388 g/mol. The molecule has 2 N–H and O–H groups in total. The number of carbonyl (C=O) groups excluding carboxylic acids is 3. The Labute approximate surface area is 175 Å². The van der Waals surface area contributed by atoms with Crippen LogP contribution in [0.3, 0.4) is 0 Å². The number of benzene rings is 1. The summed E-state index contributed by atoms with van der Waals surface area (Å²) in [7, 11) is 0. The van der Waals surface area contributed by atoms with Gasteiger partial charge in [-0.3, -0.25) is 10.1 Å². The fourth-order valence-electron chi connectivity index (χ4n) is 3.48. The van der Waals surface area contributed by atoms with E-state index in [0.29, 0.717) is 11.1 Å². The minimum atomic E-state index is -0.781. The van der Waals surface area contributed by atoms with Crippen molar-refractivity contribution in [2.45, 2.75) is 64.7 Å². The predicted molar refractivity (Wildman–Crippen MR) is 110 cm³/mol. The highest BCUT2D eigenvalue weighted by molar-refractivity contribution is 5.99. The number of fused-ring (bicyclic) bond motifs is 1. The Kier molecular flexibility index (Phi) is 7.46. The molecule has 0 saturated heterocycles. The van der Waals surface area contributed by atoms with Crippen LogP contribution in [0.5, 0.6) is 0 Å². The molecule has 0 spiro atoms. The van der Waals surface area contributed by atoms with Crippen molar-refractivity contribution in [3.8, 4) is 0 Å². The van der Waals surface area contributed by atoms with Crippen molar-refractivity contribution in [2.75, 3.05) is 6.61 Å². The number of hydrogen-bond acceptors (Lipinski definition) is 6. The largest absolute Gasteiger partial charge is 0.450 e. The average molecular weight is 416 g/mol. The smallest absolute Gasteiger partial charge is 0.375 e. The molecule has 8 heteroatoms. The monoisotopic (exact) mass is 416 g/mol. The van der Waals surface area contributed by atoms with Crippen LogP contribution in [0.4, 0.5) is 4.79 Å². The highest BCUT2D eigenvalue weighted by atomic mass is 16.5. The highest BCUT2D eigenvalue weighted by Gasteiger charge is 2.23. The Morgan fingerprint density at radius 1 is 1.13 bits per heavy atom. The van der Waals surface area contributed by atoms with Crippen LogP contribution in [-0.2, 0) is 20.9 Å². The van der Waals surface area contributed by atoms with Crippen LogP contribution < -0.4 is 10.6 Å². The zero-order valence-electron chi connectivity index (χ0n) is 17.4. The number of ether oxygens (including phenoxy) is 2. The number of urea groups is 1. The van der Waals surface area contributed by atoms with Crippen molar-refractivity contribution in [1.29, 1.82) is 0 Å². The van der Waals surface area contributed by atoms with Crippen molar-refractivity contribution in [3.63, 3.8) is 0 Å². The molecule has 1 aromatic heterocycles. The van der Waals surface area contributed by atoms with Gasteiger partial charge in [-0.15, -0.1) is 0 Å². The zero-order chi connectivity index (χ0) is 21.5. The van der Waals surface area contributed by atoms with E-state index in [-0.39, 0.29) is 24.5 Å². The maximum absolute atomic E-state index is 12.5. The van der Waals surface area contributed by atoms with E-state index in [1.165, 1.54) is 6.42 Å². The summed E-state index contributed by atoms with van der Waals surface area (Å²) in [6, 6.07) is 6.71. The molecule has 2 aromatic rings. The molecule has 1 aromatic carbocycles. The van der Waals surface area contributed by atoms with Gasteiger partial charge in [-0.25, -0.2) is 9.59 Å². The van der Waals surface area contributed by atoms with Crippen LogP contribution in [0.2, 0.25) is 0 Å². The first kappa shape index (κ1) is 21.8. The maximum Gasteiger partial charge on any atom is 0.375 e. The Bertz CT molecular complexity index is 898.